The van der Waals surface area contributed by atoms with E-state index >= 15 is 0 Å². The van der Waals surface area contributed by atoms with Gasteiger partial charge in [0.1, 0.15) is 23.9 Å². The Labute approximate surface area is 121 Å². The summed E-state index contributed by atoms with van der Waals surface area (Å²) in [4.78, 5) is 12.5. The number of nitrogens with two attached hydrogens (primary N) is 1. The molecule has 106 valence electrons. The molecule has 2 heterocycles. The zero-order valence-corrected chi connectivity index (χ0v) is 11.5. The van der Waals surface area contributed by atoms with Gasteiger partial charge in [0.15, 0.2) is 5.82 Å². The molecule has 0 spiro atoms. The number of methoxy groups -OCH3 is 1. The maximum absolute atomic E-state index is 5.77. The molecule has 6 heteroatoms. The second-order valence-electron chi connectivity index (χ2n) is 4.38. The highest BCUT2D eigenvalue weighted by Crippen LogP contribution is 2.27. The highest BCUT2D eigenvalue weighted by atomic mass is 16.5. The Bertz CT molecular complexity index is 776. The molecule has 0 saturated heterocycles. The van der Waals surface area contributed by atoms with Crippen LogP contribution in [0.4, 0.5) is 5.82 Å². The number of hydrogen-bond donors (Lipinski definition) is 1. The fourth-order valence-corrected chi connectivity index (χ4v) is 1.98. The summed E-state index contributed by atoms with van der Waals surface area (Å²) < 4.78 is 11.0. The lowest BCUT2D eigenvalue weighted by Gasteiger charge is -2.09. The van der Waals surface area contributed by atoms with Crippen molar-refractivity contribution >= 4 is 16.7 Å². The number of anilines is 1. The normalized spacial score (nSPS) is 10.5. The van der Waals surface area contributed by atoms with Crippen LogP contribution >= 0.6 is 0 Å². The van der Waals surface area contributed by atoms with Gasteiger partial charge < -0.3 is 15.2 Å². The molecule has 21 heavy (non-hydrogen) atoms. The number of benzene rings is 1. The monoisotopic (exact) mass is 282 g/mol. The Hall–Kier alpha value is -2.89. The number of pyridine rings is 1. The number of fused-ring (bicyclic) bond motifs is 1. The molecular formula is C15H14N4O2. The zero-order valence-electron chi connectivity index (χ0n) is 11.5. The Morgan fingerprint density at radius 1 is 1.10 bits per heavy atom. The average molecular weight is 282 g/mol. The lowest BCUT2D eigenvalue weighted by molar-refractivity contribution is 0.299. The molecule has 2 aromatic heterocycles. The minimum atomic E-state index is 0.246. The summed E-state index contributed by atoms with van der Waals surface area (Å²) in [5, 5.41) is 0.905. The predicted octanol–water partition coefficient (Wildman–Crippen LogP) is 2.19. The van der Waals surface area contributed by atoms with Crippen LogP contribution < -0.4 is 15.2 Å². The highest BCUT2D eigenvalue weighted by molar-refractivity contribution is 5.85. The van der Waals surface area contributed by atoms with Gasteiger partial charge in [-0.3, -0.25) is 4.98 Å². The van der Waals surface area contributed by atoms with Gasteiger partial charge in [-0.05, 0) is 24.3 Å². The molecule has 1 aromatic carbocycles. The van der Waals surface area contributed by atoms with Crippen molar-refractivity contribution in [1.29, 1.82) is 0 Å². The second-order valence-corrected chi connectivity index (χ2v) is 4.38. The number of rotatable bonds is 4. The standard InChI is InChI=1S/C15H14N4O2/c1-20-10-2-3-11-12(8-10)17-6-4-13(11)21-9-15-18-7-5-14(16)19-15/h2-8H,9H2,1H3,(H2,16,18,19). The van der Waals surface area contributed by atoms with Gasteiger partial charge in [0.25, 0.3) is 0 Å². The quantitative estimate of drug-likeness (QED) is 0.789. The third-order valence-electron chi connectivity index (χ3n) is 2.99. The highest BCUT2D eigenvalue weighted by Gasteiger charge is 2.06. The van der Waals surface area contributed by atoms with Crippen molar-refractivity contribution in [3.63, 3.8) is 0 Å². The van der Waals surface area contributed by atoms with Gasteiger partial charge in [0.2, 0.25) is 0 Å². The van der Waals surface area contributed by atoms with E-state index in [0.717, 1.165) is 16.7 Å². The van der Waals surface area contributed by atoms with Gasteiger partial charge >= 0.3 is 0 Å². The summed E-state index contributed by atoms with van der Waals surface area (Å²) in [7, 11) is 1.62. The molecule has 0 aliphatic rings. The van der Waals surface area contributed by atoms with Crippen LogP contribution in [0.1, 0.15) is 5.82 Å². The van der Waals surface area contributed by atoms with Crippen LogP contribution in [-0.4, -0.2) is 22.1 Å². The third kappa shape index (κ3) is 2.84. The Balaban J connectivity index is 1.87. The van der Waals surface area contributed by atoms with Gasteiger partial charge in [-0.25, -0.2) is 9.97 Å². The summed E-state index contributed by atoms with van der Waals surface area (Å²) in [6.45, 7) is 0.246. The Morgan fingerprint density at radius 3 is 2.76 bits per heavy atom. The largest absolute Gasteiger partial charge is 0.497 e. The molecule has 0 fully saturated rings. The first-order valence-corrected chi connectivity index (χ1v) is 6.39. The molecule has 6 nitrogen and oxygen atoms in total. The van der Waals surface area contributed by atoms with Crippen LogP contribution in [0.2, 0.25) is 0 Å². The molecule has 0 unspecified atom stereocenters. The smallest absolute Gasteiger partial charge is 0.168 e. The predicted molar refractivity (Wildman–Crippen MR) is 79.1 cm³/mol. The van der Waals surface area contributed by atoms with E-state index in [9.17, 15) is 0 Å². The van der Waals surface area contributed by atoms with Crippen molar-refractivity contribution in [3.05, 3.63) is 48.5 Å². The number of nitrogens with zero attached hydrogens (tertiary/aromatic N) is 3. The van der Waals surface area contributed by atoms with Gasteiger partial charge in [0.05, 0.1) is 12.6 Å². The van der Waals surface area contributed by atoms with Crippen molar-refractivity contribution in [3.8, 4) is 11.5 Å². The van der Waals surface area contributed by atoms with Crippen LogP contribution in [0.5, 0.6) is 11.5 Å². The average Bonchev–Trinajstić information content (AvgIpc) is 2.52. The SMILES string of the molecule is COc1ccc2c(OCc3nccc(N)n3)ccnc2c1. The van der Waals surface area contributed by atoms with Crippen LogP contribution in [0.25, 0.3) is 10.9 Å². The maximum Gasteiger partial charge on any atom is 0.168 e. The van der Waals surface area contributed by atoms with Crippen molar-refractivity contribution in [1.82, 2.24) is 15.0 Å². The fourth-order valence-electron chi connectivity index (χ4n) is 1.98. The first-order valence-electron chi connectivity index (χ1n) is 6.39. The third-order valence-corrected chi connectivity index (χ3v) is 2.99. The minimum absolute atomic E-state index is 0.246. The number of nitrogen functional groups attached to an aromatic ring is 1. The van der Waals surface area contributed by atoms with Gasteiger partial charge in [-0.2, -0.15) is 0 Å². The van der Waals surface area contributed by atoms with Gasteiger partial charge in [0, 0.05) is 23.8 Å². The lowest BCUT2D eigenvalue weighted by atomic mass is 10.2. The molecule has 0 bridgehead atoms. The maximum atomic E-state index is 5.77. The van der Waals surface area contributed by atoms with E-state index < -0.39 is 0 Å². The summed E-state index contributed by atoms with van der Waals surface area (Å²) in [6.07, 6.45) is 3.30. The Kier molecular flexibility index (Phi) is 3.51. The number of ether oxygens (including phenoxy) is 2. The lowest BCUT2D eigenvalue weighted by Crippen LogP contribution is -2.03. The first kappa shape index (κ1) is 13.1. The molecular weight excluding hydrogens is 268 g/mol. The Morgan fingerprint density at radius 2 is 1.95 bits per heavy atom. The van der Waals surface area contributed by atoms with Crippen LogP contribution in [0.15, 0.2) is 42.7 Å². The molecule has 3 rings (SSSR count). The molecule has 2 N–H and O–H groups in total. The van der Waals surface area contributed by atoms with E-state index in [4.69, 9.17) is 15.2 Å². The molecule has 0 saturated carbocycles. The molecule has 0 aliphatic carbocycles. The van der Waals surface area contributed by atoms with Crippen molar-refractivity contribution in [2.24, 2.45) is 0 Å². The topological polar surface area (TPSA) is 83.2 Å². The van der Waals surface area contributed by atoms with Gasteiger partial charge in [-0.15, -0.1) is 0 Å². The summed E-state index contributed by atoms with van der Waals surface area (Å²) in [6, 6.07) is 9.09. The number of hydrogen-bond acceptors (Lipinski definition) is 6. The molecule has 0 atom stereocenters. The first-order chi connectivity index (χ1) is 10.3. The summed E-state index contributed by atoms with van der Waals surface area (Å²) >= 11 is 0. The number of aromatic nitrogens is 3. The zero-order chi connectivity index (χ0) is 14.7. The van der Waals surface area contributed by atoms with Crippen LogP contribution in [0.3, 0.4) is 0 Å². The summed E-state index contributed by atoms with van der Waals surface area (Å²) in [5.41, 5.74) is 6.43. The van der Waals surface area contributed by atoms with Crippen molar-refractivity contribution < 1.29 is 9.47 Å². The van der Waals surface area contributed by atoms with E-state index in [1.165, 1.54) is 0 Å². The van der Waals surface area contributed by atoms with Crippen molar-refractivity contribution in [2.75, 3.05) is 12.8 Å². The molecule has 0 aliphatic heterocycles. The molecule has 0 amide bonds. The van der Waals surface area contributed by atoms with E-state index in [0.29, 0.717) is 17.4 Å². The van der Waals surface area contributed by atoms with E-state index in [-0.39, 0.29) is 6.61 Å². The fraction of sp³-hybridized carbons (Fsp3) is 0.133. The van der Waals surface area contributed by atoms with Crippen LogP contribution in [-0.2, 0) is 6.61 Å². The second kappa shape index (κ2) is 5.62. The molecule has 0 radical (unpaired) electrons. The minimum Gasteiger partial charge on any atom is -0.497 e. The van der Waals surface area contributed by atoms with Crippen molar-refractivity contribution in [2.45, 2.75) is 6.61 Å². The van der Waals surface area contributed by atoms with Crippen LogP contribution in [0, 0.1) is 0 Å². The van der Waals surface area contributed by atoms with E-state index in [1.807, 2.05) is 18.2 Å². The van der Waals surface area contributed by atoms with E-state index in [1.54, 1.807) is 31.6 Å². The molecule has 3 aromatic rings. The summed E-state index contributed by atoms with van der Waals surface area (Å²) in [5.74, 6) is 2.43. The van der Waals surface area contributed by atoms with Gasteiger partial charge in [-0.1, -0.05) is 0 Å². The van der Waals surface area contributed by atoms with E-state index in [2.05, 4.69) is 15.0 Å².